The number of fused-ring (bicyclic) bond motifs is 4. The fourth-order valence-electron chi connectivity index (χ4n) is 16.1. The number of carbonyl (C=O) groups excluding carboxylic acids is 16. The molecule has 0 bridgehead atoms. The average molecular weight is 1900 g/mol. The highest BCUT2D eigenvalue weighted by Crippen LogP contribution is 2.26. The number of hydrogen-bond donors (Lipinski definition) is 21. The molecule has 14 atom stereocenters. The van der Waals surface area contributed by atoms with Crippen LogP contribution in [-0.4, -0.2) is 236 Å². The predicted octanol–water partition coefficient (Wildman–Crippen LogP) is 4.08. The van der Waals surface area contributed by atoms with Crippen molar-refractivity contribution in [3.05, 3.63) is 144 Å². The Labute approximate surface area is 797 Å². The van der Waals surface area contributed by atoms with Crippen molar-refractivity contribution in [2.24, 2.45) is 41.4 Å². The molecule has 4 aromatic heterocycles. The summed E-state index contributed by atoms with van der Waals surface area (Å²) in [4.78, 5) is 241. The number of aromatic amines is 4. The number of aromatic nitrogens is 4. The van der Waals surface area contributed by atoms with Crippen LogP contribution in [0.5, 0.6) is 0 Å². The molecule has 738 valence electrons. The number of H-pyrrole nitrogens is 4. The fourth-order valence-corrected chi connectivity index (χ4v) is 16.5. The molecule has 8 rings (SSSR count). The topological polar surface area (TPSA) is 549 Å². The van der Waals surface area contributed by atoms with E-state index >= 15 is 28.8 Å². The van der Waals surface area contributed by atoms with Gasteiger partial charge in [0.2, 0.25) is 95.0 Å². The maximum atomic E-state index is 15.6. The molecule has 38 heteroatoms. The molecule has 37 nitrogen and oxygen atoms in total. The van der Waals surface area contributed by atoms with E-state index in [9.17, 15) is 53.1 Å². The molecule has 0 aliphatic rings. The number of nitrogens with one attached hydrogen (secondary N) is 20. The van der Waals surface area contributed by atoms with Crippen molar-refractivity contribution in [1.82, 2.24) is 105 Å². The van der Waals surface area contributed by atoms with E-state index in [1.54, 1.807) is 92.5 Å². The van der Waals surface area contributed by atoms with Gasteiger partial charge in [0, 0.05) is 101 Å². The third-order valence-corrected chi connectivity index (χ3v) is 24.1. The Balaban J connectivity index is 1.00. The van der Waals surface area contributed by atoms with E-state index in [4.69, 9.17) is 0 Å². The van der Waals surface area contributed by atoms with Gasteiger partial charge in [-0.2, -0.15) is 11.8 Å². The van der Waals surface area contributed by atoms with Gasteiger partial charge in [0.25, 0.3) is 0 Å². The van der Waals surface area contributed by atoms with Crippen molar-refractivity contribution in [2.75, 3.05) is 31.7 Å². The zero-order valence-electron chi connectivity index (χ0n) is 80.6. The Morgan fingerprint density at radius 3 is 0.919 bits per heavy atom. The number of amides is 16. The van der Waals surface area contributed by atoms with E-state index in [0.29, 0.717) is 50.7 Å². The molecule has 136 heavy (non-hydrogen) atoms. The van der Waals surface area contributed by atoms with Gasteiger partial charge in [0.15, 0.2) is 0 Å². The number of aliphatic hydroxyl groups is 1. The molecular formula is C98H138N20O17S. The van der Waals surface area contributed by atoms with E-state index in [1.807, 2.05) is 133 Å². The number of rotatable bonds is 54. The van der Waals surface area contributed by atoms with Crippen LogP contribution in [0.1, 0.15) is 159 Å². The smallest absolute Gasteiger partial charge is 0.243 e. The van der Waals surface area contributed by atoms with Crippen LogP contribution in [0.15, 0.2) is 122 Å². The molecule has 21 N–H and O–H groups in total. The Bertz CT molecular complexity index is 5460. The number of para-hydroxylation sites is 4. The van der Waals surface area contributed by atoms with Crippen LogP contribution in [0.4, 0.5) is 0 Å². The first-order valence-electron chi connectivity index (χ1n) is 46.6. The summed E-state index contributed by atoms with van der Waals surface area (Å²) in [5.41, 5.74) is 5.50. The minimum absolute atomic E-state index is 0.0108. The molecule has 0 aliphatic heterocycles. The van der Waals surface area contributed by atoms with Crippen molar-refractivity contribution < 1.29 is 81.8 Å². The summed E-state index contributed by atoms with van der Waals surface area (Å²) in [6.45, 7) is 26.1. The first kappa shape index (κ1) is 108. The van der Waals surface area contributed by atoms with Crippen LogP contribution in [0.2, 0.25) is 0 Å². The van der Waals surface area contributed by atoms with Crippen LogP contribution in [0.25, 0.3) is 43.6 Å². The minimum Gasteiger partial charge on any atom is -0.395 e. The molecule has 16 amide bonds. The fraction of sp³-hybridized carbons (Fsp3) is 0.510. The second kappa shape index (κ2) is 52.1. The molecule has 0 saturated carbocycles. The number of aliphatic hydroxyl groups excluding tert-OH is 1. The van der Waals surface area contributed by atoms with E-state index in [2.05, 4.69) is 105 Å². The van der Waals surface area contributed by atoms with Gasteiger partial charge in [-0.1, -0.05) is 170 Å². The number of benzene rings is 4. The predicted molar refractivity (Wildman–Crippen MR) is 521 cm³/mol. The molecule has 0 radical (unpaired) electrons. The lowest BCUT2D eigenvalue weighted by molar-refractivity contribution is -0.137. The van der Waals surface area contributed by atoms with Crippen LogP contribution in [0.3, 0.4) is 0 Å². The van der Waals surface area contributed by atoms with Crippen molar-refractivity contribution in [2.45, 2.75) is 247 Å². The lowest BCUT2D eigenvalue weighted by Crippen LogP contribution is -2.62. The maximum Gasteiger partial charge on any atom is 0.243 e. The Hall–Kier alpha value is -13.1. The van der Waals surface area contributed by atoms with E-state index in [-0.39, 0.29) is 88.2 Å². The molecule has 0 unspecified atom stereocenters. The molecule has 0 aliphatic carbocycles. The Morgan fingerprint density at radius 2 is 0.596 bits per heavy atom. The van der Waals surface area contributed by atoms with Crippen LogP contribution in [0, 0.1) is 41.4 Å². The third-order valence-electron chi connectivity index (χ3n) is 23.5. The molecule has 4 aromatic carbocycles. The number of thioether (sulfide) groups is 1. The number of carbonyl (C=O) groups is 16. The summed E-state index contributed by atoms with van der Waals surface area (Å²) < 4.78 is 0. The second-order valence-electron chi connectivity index (χ2n) is 37.4. The Morgan fingerprint density at radius 1 is 0.316 bits per heavy atom. The zero-order chi connectivity index (χ0) is 99.9. The largest absolute Gasteiger partial charge is 0.395 e. The van der Waals surface area contributed by atoms with E-state index < -0.39 is 197 Å². The van der Waals surface area contributed by atoms with Crippen molar-refractivity contribution in [3.63, 3.8) is 0 Å². The van der Waals surface area contributed by atoms with Gasteiger partial charge >= 0.3 is 0 Å². The van der Waals surface area contributed by atoms with Gasteiger partial charge in [-0.3, -0.25) is 76.7 Å². The average Bonchev–Trinajstić information content (AvgIpc) is 1.67. The first-order valence-corrected chi connectivity index (χ1v) is 48.0. The summed E-state index contributed by atoms with van der Waals surface area (Å²) in [5.74, 6) is -14.0. The Kier molecular flexibility index (Phi) is 41.4. The standard InChI is InChI=1S/C98H138N20O17S/c1-51(2)38-73(89(126)112-76(87(124)99-35-36-119)41-60-45-100-68-30-22-18-26-64(60)68)109-92(129)77(42-61-46-101-69-31-23-19-27-65(61)69)113-90(127)74(39-52(3)4)110-93(130)78(43-62-47-102-70-32-24-20-28-66(62)70)114-91(128)75(40-53(5)6)111-94(131)79(44-63-48-103-71-33-25-21-29-67(63)71)115-96(133)82(55(9)10)117-98(135)84(57(13)14)118-97(134)83(56(11)12)116-86(123)59(16)107-88(125)72(34-37-136-17)108-85(122)58(15)106-80(121)49-104-95(132)81(54(7)8)105-50-120/h18-33,45-48,50-59,72-79,81-84,100-103,119H,34-44,49H2,1-17H3,(H,99,124)(H,104,132)(H,105,120)(H,106,121)(H,107,125)(H,108,122)(H,109,129)(H,110,130)(H,111,131)(H,112,126)(H,113,127)(H,114,128)(H,115,133)(H,116,123)(H,117,135)(H,118,134)/t58-,59-,72+,73+,74+,75+,76-,77-,78-,79-,81-,82+,83+,84-/m0/s1. The van der Waals surface area contributed by atoms with E-state index in [0.717, 1.165) is 27.4 Å². The normalized spacial score (nSPS) is 14.7. The van der Waals surface area contributed by atoms with Crippen molar-refractivity contribution >= 4 is 150 Å². The molecule has 0 fully saturated rings. The molecule has 0 saturated heterocycles. The zero-order valence-corrected chi connectivity index (χ0v) is 81.4. The van der Waals surface area contributed by atoms with Crippen molar-refractivity contribution in [1.29, 1.82) is 0 Å². The van der Waals surface area contributed by atoms with Crippen LogP contribution < -0.4 is 85.1 Å². The molecule has 4 heterocycles. The third kappa shape index (κ3) is 31.5. The van der Waals surface area contributed by atoms with Crippen LogP contribution >= 0.6 is 11.8 Å². The van der Waals surface area contributed by atoms with Gasteiger partial charge < -0.3 is 110 Å². The van der Waals surface area contributed by atoms with E-state index in [1.165, 1.54) is 25.6 Å². The molecule has 0 spiro atoms. The number of hydrogen-bond acceptors (Lipinski definition) is 18. The lowest BCUT2D eigenvalue weighted by Gasteiger charge is -2.31. The summed E-state index contributed by atoms with van der Waals surface area (Å²) in [6, 6.07) is 11.2. The monoisotopic (exact) mass is 1900 g/mol. The minimum atomic E-state index is -1.48. The summed E-state index contributed by atoms with van der Waals surface area (Å²) in [5, 5.41) is 56.5. The van der Waals surface area contributed by atoms with Crippen LogP contribution in [-0.2, 0) is 102 Å². The highest BCUT2D eigenvalue weighted by molar-refractivity contribution is 7.98. The SMILES string of the molecule is CSCC[C@@H](NC(=O)[C@H](C)NC(=O)CNC(=O)[C@@H](NC=O)C(C)C)C(=O)N[C@@H](C)C(=O)N[C@@H](C(=O)N[C@H](C(=O)N[C@@H](C(=O)N[C@@H](Cc1c[nH]c2ccccc12)C(=O)N[C@H](CC(C)C)C(=O)N[C@@H](Cc1c[nH]c2ccccc12)C(=O)N[C@H](CC(C)C)C(=O)N[C@@H](Cc1c[nH]c2ccccc12)C(=O)N[C@H](CC(C)C)C(=O)N[C@@H](Cc1c[nH]c2ccccc12)C(=O)NCCO)C(C)C)C(C)C)C(C)C. The van der Waals surface area contributed by atoms with Crippen molar-refractivity contribution in [3.8, 4) is 0 Å². The summed E-state index contributed by atoms with van der Waals surface area (Å²) >= 11 is 1.38. The first-order chi connectivity index (χ1) is 64.6. The van der Waals surface area contributed by atoms with Gasteiger partial charge in [-0.25, -0.2) is 0 Å². The molecule has 8 aromatic rings. The van der Waals surface area contributed by atoms with Gasteiger partial charge in [0.05, 0.1) is 13.2 Å². The summed E-state index contributed by atoms with van der Waals surface area (Å²) in [7, 11) is 0. The quantitative estimate of drug-likeness (QED) is 0.0239. The second-order valence-corrected chi connectivity index (χ2v) is 38.3. The highest BCUT2D eigenvalue weighted by atomic mass is 32.2. The summed E-state index contributed by atoms with van der Waals surface area (Å²) in [6.07, 6.45) is 8.80. The van der Waals surface area contributed by atoms with Gasteiger partial charge in [-0.15, -0.1) is 0 Å². The van der Waals surface area contributed by atoms with Gasteiger partial charge in [0.1, 0.15) is 84.6 Å². The molecular weight excluding hydrogens is 1760 g/mol. The lowest BCUT2D eigenvalue weighted by atomic mass is 9.97. The highest BCUT2D eigenvalue weighted by Gasteiger charge is 2.41. The van der Waals surface area contributed by atoms with Gasteiger partial charge in [-0.05, 0) is 139 Å². The maximum absolute atomic E-state index is 15.6.